The minimum Gasteiger partial charge on any atom is -0.497 e. The Labute approximate surface area is 202 Å². The van der Waals surface area contributed by atoms with Crippen LogP contribution in [0.1, 0.15) is 25.0 Å². The van der Waals surface area contributed by atoms with E-state index in [-0.39, 0.29) is 11.8 Å². The smallest absolute Gasteiger partial charge is 0.298 e. The standard InChI is InChI=1S/C26H24N6O3/c1-3-4-23(33)31-14-11-18(16-31)24-21-10-13-29-26(27)32(21)25(30-24)17-5-7-19(8-6-17)35-22-15-20(34-2)9-12-28-22/h5-10,12-13,15,18H,11,14,16H2,1-2H3,(H2,27,29). The summed E-state index contributed by atoms with van der Waals surface area (Å²) in [7, 11) is 1.60. The van der Waals surface area contributed by atoms with Gasteiger partial charge in [-0.15, -0.1) is 0 Å². The first kappa shape index (κ1) is 22.2. The molecule has 4 aromatic rings. The zero-order valence-corrected chi connectivity index (χ0v) is 19.4. The minimum atomic E-state index is -0.152. The number of imidazole rings is 1. The number of rotatable bonds is 5. The number of pyridine rings is 1. The molecule has 2 N–H and O–H groups in total. The molecular formula is C26H24N6O3. The van der Waals surface area contributed by atoms with Crippen LogP contribution in [0.2, 0.25) is 0 Å². The Morgan fingerprint density at radius 2 is 1.91 bits per heavy atom. The van der Waals surface area contributed by atoms with E-state index in [2.05, 4.69) is 21.8 Å². The number of amides is 1. The van der Waals surface area contributed by atoms with Crippen molar-refractivity contribution in [1.82, 2.24) is 24.3 Å². The maximum atomic E-state index is 12.2. The van der Waals surface area contributed by atoms with Crippen LogP contribution in [0.3, 0.4) is 0 Å². The predicted octanol–water partition coefficient (Wildman–Crippen LogP) is 3.51. The van der Waals surface area contributed by atoms with E-state index in [9.17, 15) is 4.79 Å². The molecule has 9 nitrogen and oxygen atoms in total. The van der Waals surface area contributed by atoms with Crippen LogP contribution in [-0.4, -0.2) is 50.4 Å². The Morgan fingerprint density at radius 1 is 1.11 bits per heavy atom. The number of hydrogen-bond acceptors (Lipinski definition) is 7. The van der Waals surface area contributed by atoms with Gasteiger partial charge in [-0.25, -0.2) is 15.0 Å². The lowest BCUT2D eigenvalue weighted by Crippen LogP contribution is -2.26. The molecule has 1 saturated heterocycles. The highest BCUT2D eigenvalue weighted by molar-refractivity contribution is 5.93. The number of hydrogen-bond donors (Lipinski definition) is 1. The molecule has 5 rings (SSSR count). The minimum absolute atomic E-state index is 0.0879. The van der Waals surface area contributed by atoms with E-state index in [1.54, 1.807) is 43.5 Å². The SMILES string of the molecule is CC#CC(=O)N1CCC(c2nc(-c3ccc(Oc4cc(OC)ccn4)cc3)n3c(N)nccc23)C1. The van der Waals surface area contributed by atoms with Crippen molar-refractivity contribution in [3.63, 3.8) is 0 Å². The molecule has 1 aliphatic rings. The molecule has 176 valence electrons. The normalized spacial score (nSPS) is 15.0. The summed E-state index contributed by atoms with van der Waals surface area (Å²) < 4.78 is 12.9. The van der Waals surface area contributed by atoms with Gasteiger partial charge in [0.1, 0.15) is 17.3 Å². The van der Waals surface area contributed by atoms with Crippen LogP contribution in [0.25, 0.3) is 16.9 Å². The summed E-state index contributed by atoms with van der Waals surface area (Å²) in [4.78, 5) is 27.5. The zero-order valence-electron chi connectivity index (χ0n) is 19.4. The van der Waals surface area contributed by atoms with Crippen molar-refractivity contribution in [1.29, 1.82) is 0 Å². The molecule has 0 saturated carbocycles. The van der Waals surface area contributed by atoms with E-state index in [4.69, 9.17) is 20.2 Å². The van der Waals surface area contributed by atoms with E-state index in [1.165, 1.54) is 0 Å². The van der Waals surface area contributed by atoms with Crippen LogP contribution in [0.15, 0.2) is 54.9 Å². The van der Waals surface area contributed by atoms with Gasteiger partial charge < -0.3 is 20.1 Å². The van der Waals surface area contributed by atoms with Crippen molar-refractivity contribution in [2.75, 3.05) is 25.9 Å². The Bertz CT molecular complexity index is 1450. The van der Waals surface area contributed by atoms with Crippen molar-refractivity contribution in [3.8, 4) is 40.6 Å². The predicted molar refractivity (Wildman–Crippen MR) is 131 cm³/mol. The Kier molecular flexibility index (Phi) is 5.94. The molecule has 1 fully saturated rings. The maximum absolute atomic E-state index is 12.2. The van der Waals surface area contributed by atoms with Gasteiger partial charge in [0.2, 0.25) is 11.8 Å². The average molecular weight is 469 g/mol. The van der Waals surface area contributed by atoms with E-state index in [0.717, 1.165) is 23.2 Å². The molecule has 35 heavy (non-hydrogen) atoms. The molecule has 1 amide bonds. The number of nitrogens with two attached hydrogens (primary N) is 1. The van der Waals surface area contributed by atoms with Crippen molar-refractivity contribution < 1.29 is 14.3 Å². The summed E-state index contributed by atoms with van der Waals surface area (Å²) in [6, 6.07) is 12.9. The highest BCUT2D eigenvalue weighted by Gasteiger charge is 2.30. The van der Waals surface area contributed by atoms with Gasteiger partial charge in [-0.05, 0) is 55.7 Å². The number of methoxy groups -OCH3 is 1. The third kappa shape index (κ3) is 4.34. The van der Waals surface area contributed by atoms with Gasteiger partial charge in [0.05, 0.1) is 18.3 Å². The summed E-state index contributed by atoms with van der Waals surface area (Å²) in [6.07, 6.45) is 4.12. The molecule has 1 unspecified atom stereocenters. The third-order valence-corrected chi connectivity index (χ3v) is 5.98. The molecular weight excluding hydrogens is 444 g/mol. The van der Waals surface area contributed by atoms with Gasteiger partial charge in [-0.3, -0.25) is 9.20 Å². The average Bonchev–Trinajstić information content (AvgIpc) is 3.51. The molecule has 9 heteroatoms. The number of anilines is 1. The van der Waals surface area contributed by atoms with Crippen molar-refractivity contribution in [2.45, 2.75) is 19.3 Å². The van der Waals surface area contributed by atoms with Crippen molar-refractivity contribution >= 4 is 17.4 Å². The third-order valence-electron chi connectivity index (χ3n) is 5.98. The summed E-state index contributed by atoms with van der Waals surface area (Å²) in [5.41, 5.74) is 8.91. The lowest BCUT2D eigenvalue weighted by atomic mass is 10.0. The van der Waals surface area contributed by atoms with Crippen LogP contribution in [0.4, 0.5) is 5.95 Å². The second-order valence-corrected chi connectivity index (χ2v) is 8.12. The highest BCUT2D eigenvalue weighted by atomic mass is 16.5. The Hall–Kier alpha value is -4.58. The molecule has 4 heterocycles. The number of nitrogen functional groups attached to an aromatic ring is 1. The van der Waals surface area contributed by atoms with Gasteiger partial charge >= 0.3 is 0 Å². The quantitative estimate of drug-likeness (QED) is 0.447. The maximum Gasteiger partial charge on any atom is 0.298 e. The van der Waals surface area contributed by atoms with E-state index in [1.807, 2.05) is 34.7 Å². The number of aromatic nitrogens is 4. The fraction of sp³-hybridized carbons (Fsp3) is 0.231. The fourth-order valence-electron chi connectivity index (χ4n) is 4.30. The molecule has 0 spiro atoms. The topological polar surface area (TPSA) is 108 Å². The molecule has 1 aromatic carbocycles. The largest absolute Gasteiger partial charge is 0.497 e. The lowest BCUT2D eigenvalue weighted by Gasteiger charge is -2.12. The van der Waals surface area contributed by atoms with Crippen LogP contribution < -0.4 is 15.2 Å². The molecule has 0 bridgehead atoms. The molecule has 0 radical (unpaired) electrons. The van der Waals surface area contributed by atoms with Gasteiger partial charge in [0.15, 0.2) is 0 Å². The van der Waals surface area contributed by atoms with Gasteiger partial charge in [-0.2, -0.15) is 0 Å². The molecule has 0 aliphatic carbocycles. The summed E-state index contributed by atoms with van der Waals surface area (Å²) in [5, 5.41) is 0. The van der Waals surface area contributed by atoms with Crippen LogP contribution in [-0.2, 0) is 4.79 Å². The summed E-state index contributed by atoms with van der Waals surface area (Å²) >= 11 is 0. The number of benzene rings is 1. The van der Waals surface area contributed by atoms with Crippen LogP contribution in [0.5, 0.6) is 17.4 Å². The molecule has 1 aliphatic heterocycles. The number of ether oxygens (including phenoxy) is 2. The van der Waals surface area contributed by atoms with Crippen LogP contribution in [0, 0.1) is 11.8 Å². The first-order chi connectivity index (χ1) is 17.1. The molecule has 1 atom stereocenters. The zero-order chi connectivity index (χ0) is 24.4. The second-order valence-electron chi connectivity index (χ2n) is 8.12. The highest BCUT2D eigenvalue weighted by Crippen LogP contribution is 2.34. The van der Waals surface area contributed by atoms with Gasteiger partial charge in [0.25, 0.3) is 5.91 Å². The Morgan fingerprint density at radius 3 is 2.69 bits per heavy atom. The van der Waals surface area contributed by atoms with E-state index >= 15 is 0 Å². The fourth-order valence-corrected chi connectivity index (χ4v) is 4.30. The number of carbonyl (C=O) groups excluding carboxylic acids is 1. The number of carbonyl (C=O) groups is 1. The number of nitrogens with zero attached hydrogens (tertiary/aromatic N) is 5. The second kappa shape index (κ2) is 9.35. The number of likely N-dealkylation sites (tertiary alicyclic amines) is 1. The Balaban J connectivity index is 1.45. The monoisotopic (exact) mass is 468 g/mol. The lowest BCUT2D eigenvalue weighted by molar-refractivity contribution is -0.124. The van der Waals surface area contributed by atoms with Gasteiger partial charge in [-0.1, -0.05) is 5.92 Å². The van der Waals surface area contributed by atoms with Crippen LogP contribution >= 0.6 is 0 Å². The van der Waals surface area contributed by atoms with Crippen molar-refractivity contribution in [3.05, 3.63) is 60.6 Å². The van der Waals surface area contributed by atoms with Gasteiger partial charge in [0, 0.05) is 43.0 Å². The van der Waals surface area contributed by atoms with Crippen molar-refractivity contribution in [2.24, 2.45) is 0 Å². The van der Waals surface area contributed by atoms with E-state index < -0.39 is 0 Å². The van der Waals surface area contributed by atoms with E-state index in [0.29, 0.717) is 42.2 Å². The first-order valence-electron chi connectivity index (χ1n) is 11.2. The first-order valence-corrected chi connectivity index (χ1v) is 11.2. The summed E-state index contributed by atoms with van der Waals surface area (Å²) in [5.74, 6) is 8.01. The molecule has 3 aromatic heterocycles. The summed E-state index contributed by atoms with van der Waals surface area (Å²) in [6.45, 7) is 2.89. The number of fused-ring (bicyclic) bond motifs is 1.